The maximum atomic E-state index is 12.4. The van der Waals surface area contributed by atoms with Gasteiger partial charge in [-0.1, -0.05) is 26.8 Å². The summed E-state index contributed by atoms with van der Waals surface area (Å²) >= 11 is 0. The van der Waals surface area contributed by atoms with Gasteiger partial charge in [-0.25, -0.2) is 0 Å². The lowest BCUT2D eigenvalue weighted by atomic mass is 9.86. The Kier molecular flexibility index (Phi) is 5.64. The number of nitrogens with two attached hydrogens (primary N) is 1. The Labute approximate surface area is 123 Å². The first-order valence-electron chi connectivity index (χ1n) is 6.71. The lowest BCUT2D eigenvalue weighted by Gasteiger charge is -2.22. The van der Waals surface area contributed by atoms with Crippen molar-refractivity contribution in [3.63, 3.8) is 0 Å². The van der Waals surface area contributed by atoms with Crippen molar-refractivity contribution in [2.45, 2.75) is 52.1 Å². The van der Waals surface area contributed by atoms with Crippen LogP contribution in [0.15, 0.2) is 18.2 Å². The van der Waals surface area contributed by atoms with Gasteiger partial charge in [0.1, 0.15) is 5.75 Å². The summed E-state index contributed by atoms with van der Waals surface area (Å²) in [5, 5.41) is 0. The number of halogens is 3. The molecule has 0 amide bonds. The van der Waals surface area contributed by atoms with E-state index in [1.807, 2.05) is 26.8 Å². The topological polar surface area (TPSA) is 44.5 Å². The first-order chi connectivity index (χ1) is 9.47. The van der Waals surface area contributed by atoms with Crippen LogP contribution in [0.4, 0.5) is 13.2 Å². The Morgan fingerprint density at radius 2 is 1.76 bits per heavy atom. The van der Waals surface area contributed by atoms with E-state index in [0.717, 1.165) is 5.56 Å². The zero-order valence-corrected chi connectivity index (χ0v) is 12.8. The molecular weight excluding hydrogens is 283 g/mol. The molecule has 0 saturated carbocycles. The molecule has 2 N–H and O–H groups in total. The Balaban J connectivity index is 2.98. The highest BCUT2D eigenvalue weighted by Crippen LogP contribution is 2.30. The maximum Gasteiger partial charge on any atom is 0.573 e. The van der Waals surface area contributed by atoms with Crippen molar-refractivity contribution in [3.05, 3.63) is 29.3 Å². The van der Waals surface area contributed by atoms with Crippen molar-refractivity contribution in [3.8, 4) is 5.75 Å². The maximum absolute atomic E-state index is 12.4. The molecule has 1 aromatic rings. The summed E-state index contributed by atoms with van der Waals surface area (Å²) in [5.74, 6) is -0.227. The molecule has 0 heterocycles. The first-order valence-corrected chi connectivity index (χ1v) is 6.71. The van der Waals surface area contributed by atoms with Crippen molar-refractivity contribution in [1.29, 1.82) is 0 Å². The minimum atomic E-state index is -4.71. The van der Waals surface area contributed by atoms with E-state index in [1.165, 1.54) is 12.1 Å². The molecule has 6 heteroatoms. The molecule has 0 aliphatic rings. The molecule has 0 aliphatic carbocycles. The standard InChI is InChI=1S/C15H22F3NO2/c1-10(19)8-20-9-11-5-12(14(2,3)4)7-13(6-11)21-15(16,17)18/h5-7,10H,8-9,19H2,1-4H3/t10-/m0/s1. The van der Waals surface area contributed by atoms with E-state index >= 15 is 0 Å². The third-order valence-corrected chi connectivity index (χ3v) is 2.72. The second kappa shape index (κ2) is 6.66. The van der Waals surface area contributed by atoms with Gasteiger partial charge in [0.05, 0.1) is 13.2 Å². The summed E-state index contributed by atoms with van der Waals surface area (Å²) in [5.41, 5.74) is 6.66. The number of hydrogen-bond donors (Lipinski definition) is 1. The minimum absolute atomic E-state index is 0.123. The number of alkyl halides is 3. The van der Waals surface area contributed by atoms with E-state index in [9.17, 15) is 13.2 Å². The molecule has 0 spiro atoms. The second-order valence-corrected chi connectivity index (χ2v) is 6.16. The molecule has 120 valence electrons. The molecule has 0 aliphatic heterocycles. The largest absolute Gasteiger partial charge is 0.573 e. The van der Waals surface area contributed by atoms with Gasteiger partial charge in [0.25, 0.3) is 0 Å². The fourth-order valence-electron chi connectivity index (χ4n) is 1.73. The quantitative estimate of drug-likeness (QED) is 0.901. The minimum Gasteiger partial charge on any atom is -0.406 e. The molecule has 0 saturated heterocycles. The number of rotatable bonds is 5. The average Bonchev–Trinajstić information content (AvgIpc) is 2.24. The van der Waals surface area contributed by atoms with Crippen LogP contribution in [0.5, 0.6) is 5.75 Å². The van der Waals surface area contributed by atoms with Crippen molar-refractivity contribution in [2.75, 3.05) is 6.61 Å². The zero-order valence-electron chi connectivity index (χ0n) is 12.8. The van der Waals surface area contributed by atoms with Crippen LogP contribution in [0.25, 0.3) is 0 Å². The summed E-state index contributed by atoms with van der Waals surface area (Å²) in [6.45, 7) is 8.10. The van der Waals surface area contributed by atoms with Crippen LogP contribution in [-0.2, 0) is 16.8 Å². The van der Waals surface area contributed by atoms with Crippen LogP contribution < -0.4 is 10.5 Å². The van der Waals surface area contributed by atoms with Crippen LogP contribution in [0.2, 0.25) is 0 Å². The Bertz CT molecular complexity index is 465. The van der Waals surface area contributed by atoms with Gasteiger partial charge in [-0.05, 0) is 35.6 Å². The van der Waals surface area contributed by atoms with Crippen molar-refractivity contribution < 1.29 is 22.6 Å². The number of ether oxygens (including phenoxy) is 2. The molecular formula is C15H22F3NO2. The van der Waals surface area contributed by atoms with Gasteiger partial charge in [0, 0.05) is 6.04 Å². The molecule has 21 heavy (non-hydrogen) atoms. The molecule has 0 radical (unpaired) electrons. The SMILES string of the molecule is C[C@H](N)COCc1cc(OC(F)(F)F)cc(C(C)(C)C)c1. The van der Waals surface area contributed by atoms with E-state index in [4.69, 9.17) is 10.5 Å². The van der Waals surface area contributed by atoms with Crippen LogP contribution in [0, 0.1) is 0 Å². The Morgan fingerprint density at radius 3 is 2.24 bits per heavy atom. The summed E-state index contributed by atoms with van der Waals surface area (Å²) in [6, 6.07) is 4.44. The fourth-order valence-corrected chi connectivity index (χ4v) is 1.73. The van der Waals surface area contributed by atoms with Gasteiger partial charge >= 0.3 is 6.36 Å². The van der Waals surface area contributed by atoms with E-state index < -0.39 is 6.36 Å². The van der Waals surface area contributed by atoms with Crippen LogP contribution >= 0.6 is 0 Å². The van der Waals surface area contributed by atoms with Gasteiger partial charge in [-0.3, -0.25) is 0 Å². The monoisotopic (exact) mass is 305 g/mol. The predicted octanol–water partition coefficient (Wildman–Crippen LogP) is 3.75. The van der Waals surface area contributed by atoms with E-state index in [0.29, 0.717) is 12.2 Å². The lowest BCUT2D eigenvalue weighted by Crippen LogP contribution is -2.22. The van der Waals surface area contributed by atoms with E-state index in [2.05, 4.69) is 4.74 Å². The summed E-state index contributed by atoms with van der Waals surface area (Å²) in [6.07, 6.45) is -4.71. The van der Waals surface area contributed by atoms with Crippen molar-refractivity contribution in [1.82, 2.24) is 0 Å². The highest BCUT2D eigenvalue weighted by atomic mass is 19.4. The van der Waals surface area contributed by atoms with Gasteiger partial charge in [-0.2, -0.15) is 0 Å². The van der Waals surface area contributed by atoms with Crippen molar-refractivity contribution in [2.24, 2.45) is 5.73 Å². The van der Waals surface area contributed by atoms with E-state index in [-0.39, 0.29) is 23.8 Å². The Morgan fingerprint density at radius 1 is 1.14 bits per heavy atom. The lowest BCUT2D eigenvalue weighted by molar-refractivity contribution is -0.274. The molecule has 1 aromatic carbocycles. The molecule has 3 nitrogen and oxygen atoms in total. The average molecular weight is 305 g/mol. The molecule has 1 rings (SSSR count). The molecule has 0 fully saturated rings. The molecule has 1 atom stereocenters. The van der Waals surface area contributed by atoms with Crippen molar-refractivity contribution >= 4 is 0 Å². The normalized spacial score (nSPS) is 14.1. The molecule has 0 aromatic heterocycles. The van der Waals surface area contributed by atoms with Gasteiger partial charge < -0.3 is 15.2 Å². The fraction of sp³-hybridized carbons (Fsp3) is 0.600. The smallest absolute Gasteiger partial charge is 0.406 e. The van der Waals surface area contributed by atoms with Gasteiger partial charge in [0.2, 0.25) is 0 Å². The third-order valence-electron chi connectivity index (χ3n) is 2.72. The van der Waals surface area contributed by atoms with Crippen LogP contribution in [-0.4, -0.2) is 19.0 Å². The summed E-state index contributed by atoms with van der Waals surface area (Å²) < 4.78 is 46.6. The van der Waals surface area contributed by atoms with Crippen LogP contribution in [0.3, 0.4) is 0 Å². The predicted molar refractivity (Wildman–Crippen MR) is 75.1 cm³/mol. The highest BCUT2D eigenvalue weighted by molar-refractivity contribution is 5.37. The zero-order chi connectivity index (χ0) is 16.3. The van der Waals surface area contributed by atoms with E-state index in [1.54, 1.807) is 6.92 Å². The number of hydrogen-bond acceptors (Lipinski definition) is 3. The van der Waals surface area contributed by atoms with Gasteiger partial charge in [0.15, 0.2) is 0 Å². The number of benzene rings is 1. The van der Waals surface area contributed by atoms with Crippen LogP contribution in [0.1, 0.15) is 38.8 Å². The van der Waals surface area contributed by atoms with Gasteiger partial charge in [-0.15, -0.1) is 13.2 Å². The second-order valence-electron chi connectivity index (χ2n) is 6.16. The Hall–Kier alpha value is -1.27. The molecule has 0 unspecified atom stereocenters. The third kappa shape index (κ3) is 6.82. The molecule has 0 bridgehead atoms. The summed E-state index contributed by atoms with van der Waals surface area (Å²) in [7, 11) is 0. The highest BCUT2D eigenvalue weighted by Gasteiger charge is 2.31. The summed E-state index contributed by atoms with van der Waals surface area (Å²) in [4.78, 5) is 0. The first kappa shape index (κ1) is 17.8.